The van der Waals surface area contributed by atoms with Gasteiger partial charge in [0.15, 0.2) is 4.34 Å². The second-order valence-electron chi connectivity index (χ2n) is 4.24. The molecule has 0 fully saturated rings. The summed E-state index contributed by atoms with van der Waals surface area (Å²) in [5, 5.41) is 10.7. The summed E-state index contributed by atoms with van der Waals surface area (Å²) in [6.07, 6.45) is 0. The maximum Gasteiger partial charge on any atom is 0.300 e. The van der Waals surface area contributed by atoms with Gasteiger partial charge in [0.2, 0.25) is 0 Å². The number of rotatable bonds is 5. The quantitative estimate of drug-likeness (QED) is 0.664. The topological polar surface area (TPSA) is 89.3 Å². The number of nitrogens with zero attached hydrogens (tertiary/aromatic N) is 1. The predicted molar refractivity (Wildman–Crippen MR) is 81.2 cm³/mol. The lowest BCUT2D eigenvalue weighted by molar-refractivity contribution is -0.384. The molecule has 0 radical (unpaired) electrons. The average molecular weight is 347 g/mol. The van der Waals surface area contributed by atoms with Crippen molar-refractivity contribution in [1.29, 1.82) is 0 Å². The normalized spacial score (nSPS) is 13.0. The molecule has 1 aromatic heterocycles. The van der Waals surface area contributed by atoms with E-state index in [1.54, 1.807) is 31.2 Å². The van der Waals surface area contributed by atoms with Crippen LogP contribution in [0.1, 0.15) is 18.5 Å². The Morgan fingerprint density at radius 1 is 1.33 bits per heavy atom. The summed E-state index contributed by atoms with van der Waals surface area (Å²) < 4.78 is 26.6. The summed E-state index contributed by atoms with van der Waals surface area (Å²) in [5.41, 5.74) is 0.382. The molecular formula is C12H11ClN2O4S2. The Bertz CT molecular complexity index is 759. The summed E-state index contributed by atoms with van der Waals surface area (Å²) >= 11 is 6.34. The number of sulfonamides is 1. The van der Waals surface area contributed by atoms with Gasteiger partial charge >= 0.3 is 0 Å². The van der Waals surface area contributed by atoms with Crippen molar-refractivity contribution in [2.75, 3.05) is 0 Å². The van der Waals surface area contributed by atoms with Crippen LogP contribution in [0.4, 0.5) is 5.69 Å². The lowest BCUT2D eigenvalue weighted by atomic mass is 10.1. The molecule has 6 nitrogen and oxygen atoms in total. The molecule has 9 heteroatoms. The van der Waals surface area contributed by atoms with Gasteiger partial charge in [0.1, 0.15) is 4.21 Å². The monoisotopic (exact) mass is 346 g/mol. The molecule has 1 heterocycles. The van der Waals surface area contributed by atoms with Crippen LogP contribution in [-0.4, -0.2) is 13.3 Å². The van der Waals surface area contributed by atoms with Crippen LogP contribution in [0.2, 0.25) is 4.34 Å². The van der Waals surface area contributed by atoms with Crippen molar-refractivity contribution in [1.82, 2.24) is 4.72 Å². The van der Waals surface area contributed by atoms with E-state index < -0.39 is 26.7 Å². The van der Waals surface area contributed by atoms with E-state index in [1.165, 1.54) is 0 Å². The number of nitro groups is 1. The molecule has 1 aromatic carbocycles. The molecule has 0 aliphatic heterocycles. The van der Waals surface area contributed by atoms with E-state index in [1.807, 2.05) is 6.07 Å². The molecule has 1 atom stereocenters. The zero-order chi connectivity index (χ0) is 15.6. The molecule has 0 amide bonds. The Morgan fingerprint density at radius 3 is 2.48 bits per heavy atom. The Morgan fingerprint density at radius 2 is 1.95 bits per heavy atom. The lowest BCUT2D eigenvalue weighted by Gasteiger charge is -2.13. The number of halogens is 1. The van der Waals surface area contributed by atoms with Crippen LogP contribution in [0.5, 0.6) is 0 Å². The smallest absolute Gasteiger partial charge is 0.258 e. The van der Waals surface area contributed by atoms with Crippen molar-refractivity contribution in [3.8, 4) is 0 Å². The van der Waals surface area contributed by atoms with Crippen LogP contribution in [0.25, 0.3) is 0 Å². The molecule has 0 bridgehead atoms. The highest BCUT2D eigenvalue weighted by Crippen LogP contribution is 2.36. The van der Waals surface area contributed by atoms with Crippen molar-refractivity contribution >= 4 is 38.6 Å². The van der Waals surface area contributed by atoms with Crippen LogP contribution in [0.15, 0.2) is 40.6 Å². The van der Waals surface area contributed by atoms with Crippen LogP contribution in [-0.2, 0) is 10.0 Å². The van der Waals surface area contributed by atoms with Crippen molar-refractivity contribution < 1.29 is 13.3 Å². The molecule has 2 rings (SSSR count). The fourth-order valence-electron chi connectivity index (χ4n) is 1.70. The summed E-state index contributed by atoms with van der Waals surface area (Å²) in [4.78, 5) is 10.0. The Kier molecular flexibility index (Phi) is 4.62. The van der Waals surface area contributed by atoms with Gasteiger partial charge in [-0.3, -0.25) is 10.1 Å². The number of hydrogen-bond donors (Lipinski definition) is 1. The van der Waals surface area contributed by atoms with Gasteiger partial charge in [-0.25, -0.2) is 13.1 Å². The molecule has 0 aliphatic rings. The van der Waals surface area contributed by atoms with E-state index in [0.717, 1.165) is 11.6 Å². The standard InChI is InChI=1S/C12H11ClN2O4S2/c1-8(9-5-3-2-4-6-9)14-21(18,19)11-7-10(15(16)17)12(13)20-11/h2-8,14H,1H3/t8-/m0/s1. The second kappa shape index (κ2) is 6.10. The van der Waals surface area contributed by atoms with Crippen molar-refractivity contribution in [3.63, 3.8) is 0 Å². The second-order valence-corrected chi connectivity index (χ2v) is 7.83. The van der Waals surface area contributed by atoms with Gasteiger partial charge in [0.25, 0.3) is 15.7 Å². The summed E-state index contributed by atoms with van der Waals surface area (Å²) in [5.74, 6) is 0. The Hall–Kier alpha value is -1.48. The largest absolute Gasteiger partial charge is 0.300 e. The zero-order valence-electron chi connectivity index (χ0n) is 10.8. The van der Waals surface area contributed by atoms with Gasteiger partial charge in [-0.2, -0.15) is 0 Å². The van der Waals surface area contributed by atoms with Crippen molar-refractivity contribution in [2.45, 2.75) is 17.2 Å². The van der Waals surface area contributed by atoms with E-state index in [2.05, 4.69) is 4.72 Å². The van der Waals surface area contributed by atoms with Crippen LogP contribution >= 0.6 is 22.9 Å². The zero-order valence-corrected chi connectivity index (χ0v) is 13.2. The molecule has 0 saturated heterocycles. The fraction of sp³-hybridized carbons (Fsp3) is 0.167. The molecule has 112 valence electrons. The summed E-state index contributed by atoms with van der Waals surface area (Å²) in [7, 11) is -3.86. The molecule has 0 spiro atoms. The SMILES string of the molecule is C[C@H](NS(=O)(=O)c1cc([N+](=O)[O-])c(Cl)s1)c1ccccc1. The highest BCUT2D eigenvalue weighted by atomic mass is 35.5. The first-order valence-corrected chi connectivity index (χ1v) is 8.50. The third-order valence-corrected chi connectivity index (χ3v) is 6.09. The first-order valence-electron chi connectivity index (χ1n) is 5.82. The molecule has 0 aliphatic carbocycles. The van der Waals surface area contributed by atoms with E-state index in [9.17, 15) is 18.5 Å². The summed E-state index contributed by atoms with van der Waals surface area (Å²) in [6, 6.07) is 9.50. The van der Waals surface area contributed by atoms with Gasteiger partial charge < -0.3 is 0 Å². The minimum atomic E-state index is -3.86. The Balaban J connectivity index is 2.27. The third kappa shape index (κ3) is 3.59. The van der Waals surface area contributed by atoms with Gasteiger partial charge in [0, 0.05) is 12.1 Å². The number of nitrogens with one attached hydrogen (secondary N) is 1. The van der Waals surface area contributed by atoms with E-state index in [0.29, 0.717) is 11.3 Å². The summed E-state index contributed by atoms with van der Waals surface area (Å²) in [6.45, 7) is 1.69. The van der Waals surface area contributed by atoms with E-state index in [4.69, 9.17) is 11.6 Å². The highest BCUT2D eigenvalue weighted by molar-refractivity contribution is 7.91. The first kappa shape index (κ1) is 15.9. The molecule has 2 aromatic rings. The first-order chi connectivity index (χ1) is 9.81. The van der Waals surface area contributed by atoms with Gasteiger partial charge in [0.05, 0.1) is 4.92 Å². The van der Waals surface area contributed by atoms with Gasteiger partial charge in [-0.1, -0.05) is 41.9 Å². The van der Waals surface area contributed by atoms with E-state index in [-0.39, 0.29) is 8.55 Å². The number of benzene rings is 1. The Labute approximate surface area is 130 Å². The molecular weight excluding hydrogens is 336 g/mol. The van der Waals surface area contributed by atoms with Gasteiger partial charge in [-0.05, 0) is 12.5 Å². The van der Waals surface area contributed by atoms with Crippen molar-refractivity contribution in [2.24, 2.45) is 0 Å². The maximum absolute atomic E-state index is 12.2. The maximum atomic E-state index is 12.2. The molecule has 0 saturated carbocycles. The molecule has 0 unspecified atom stereocenters. The number of hydrogen-bond acceptors (Lipinski definition) is 5. The molecule has 1 N–H and O–H groups in total. The fourth-order valence-corrected chi connectivity index (χ4v) is 4.61. The van der Waals surface area contributed by atoms with Crippen LogP contribution < -0.4 is 4.72 Å². The van der Waals surface area contributed by atoms with Crippen LogP contribution in [0.3, 0.4) is 0 Å². The minimum Gasteiger partial charge on any atom is -0.258 e. The highest BCUT2D eigenvalue weighted by Gasteiger charge is 2.26. The van der Waals surface area contributed by atoms with E-state index >= 15 is 0 Å². The third-order valence-electron chi connectivity index (χ3n) is 2.74. The van der Waals surface area contributed by atoms with Gasteiger partial charge in [-0.15, -0.1) is 11.3 Å². The van der Waals surface area contributed by atoms with Crippen LogP contribution in [0, 0.1) is 10.1 Å². The molecule has 21 heavy (non-hydrogen) atoms. The lowest BCUT2D eigenvalue weighted by Crippen LogP contribution is -2.26. The number of thiophene rings is 1. The van der Waals surface area contributed by atoms with Crippen molar-refractivity contribution in [3.05, 3.63) is 56.4 Å². The predicted octanol–water partition coefficient (Wildman–Crippen LogP) is 3.35. The minimum absolute atomic E-state index is 0.160. The average Bonchev–Trinajstić information content (AvgIpc) is 2.82.